The van der Waals surface area contributed by atoms with Gasteiger partial charge in [0.1, 0.15) is 10.8 Å². The maximum Gasteiger partial charge on any atom is 0.294 e. The molecule has 1 aromatic heterocycles. The van der Waals surface area contributed by atoms with Gasteiger partial charge in [-0.3, -0.25) is 10.1 Å². The molecule has 0 amide bonds. The molecule has 7 heteroatoms. The molecule has 5 nitrogen and oxygen atoms in total. The number of alkyl halides is 1. The molecular weight excluding hydrogens is 289 g/mol. The van der Waals surface area contributed by atoms with Crippen molar-refractivity contribution < 1.29 is 4.92 Å². The first kappa shape index (κ1) is 13.8. The molecule has 1 heterocycles. The van der Waals surface area contributed by atoms with E-state index in [1.807, 2.05) is 6.92 Å². The third-order valence-corrected chi connectivity index (χ3v) is 3.43. The molecule has 0 atom stereocenters. The van der Waals surface area contributed by atoms with Crippen LogP contribution in [0.5, 0.6) is 0 Å². The molecule has 0 spiro atoms. The van der Waals surface area contributed by atoms with E-state index in [0.29, 0.717) is 22.8 Å². The van der Waals surface area contributed by atoms with Gasteiger partial charge < -0.3 is 0 Å². The molecule has 0 unspecified atom stereocenters. The molecule has 1 aromatic carbocycles. The molecule has 2 aromatic rings. The zero-order chi connectivity index (χ0) is 14.0. The van der Waals surface area contributed by atoms with Gasteiger partial charge in [0.05, 0.1) is 16.5 Å². The number of aromatic nitrogens is 2. The van der Waals surface area contributed by atoms with Crippen LogP contribution in [-0.4, -0.2) is 14.7 Å². The monoisotopic (exact) mass is 299 g/mol. The first-order valence-corrected chi connectivity index (χ1v) is 6.57. The van der Waals surface area contributed by atoms with Crippen molar-refractivity contribution in [2.45, 2.75) is 19.2 Å². The van der Waals surface area contributed by atoms with Crippen molar-refractivity contribution in [2.24, 2.45) is 0 Å². The molecule has 0 fully saturated rings. The van der Waals surface area contributed by atoms with E-state index < -0.39 is 4.92 Å². The van der Waals surface area contributed by atoms with Crippen molar-refractivity contribution in [1.29, 1.82) is 0 Å². The van der Waals surface area contributed by atoms with Gasteiger partial charge >= 0.3 is 0 Å². The minimum Gasteiger partial charge on any atom is -0.258 e. The smallest absolute Gasteiger partial charge is 0.258 e. The predicted octanol–water partition coefficient (Wildman–Crippen LogP) is 3.74. The Hall–Kier alpha value is -1.59. The van der Waals surface area contributed by atoms with Gasteiger partial charge in [-0.15, -0.1) is 11.6 Å². The predicted molar refractivity (Wildman–Crippen MR) is 74.2 cm³/mol. The Kier molecular flexibility index (Phi) is 4.07. The lowest BCUT2D eigenvalue weighted by Crippen LogP contribution is -2.02. The standard InChI is InChI=1S/C12H11Cl2N3O2/c1-2-9-8(7-13)12(14)16(15-9)10-5-3-4-6-11(10)17(18)19/h3-6H,2,7H2,1H3. The molecule has 19 heavy (non-hydrogen) atoms. The maximum absolute atomic E-state index is 11.0. The van der Waals surface area contributed by atoms with E-state index in [1.54, 1.807) is 18.2 Å². The van der Waals surface area contributed by atoms with E-state index >= 15 is 0 Å². The molecule has 100 valence electrons. The highest BCUT2D eigenvalue weighted by Gasteiger charge is 2.21. The summed E-state index contributed by atoms with van der Waals surface area (Å²) in [5.74, 6) is 0.225. The quantitative estimate of drug-likeness (QED) is 0.491. The van der Waals surface area contributed by atoms with Crippen LogP contribution < -0.4 is 0 Å². The van der Waals surface area contributed by atoms with E-state index in [0.717, 1.165) is 5.69 Å². The first-order valence-electron chi connectivity index (χ1n) is 5.66. The SMILES string of the molecule is CCc1nn(-c2ccccc2[N+](=O)[O-])c(Cl)c1CCl. The minimum atomic E-state index is -0.459. The van der Waals surface area contributed by atoms with Crippen LogP contribution in [0.15, 0.2) is 24.3 Å². The summed E-state index contributed by atoms with van der Waals surface area (Å²) in [7, 11) is 0. The molecule has 0 bridgehead atoms. The van der Waals surface area contributed by atoms with E-state index in [4.69, 9.17) is 23.2 Å². The number of nitro groups is 1. The minimum absolute atomic E-state index is 0.0457. The Balaban J connectivity index is 2.66. The molecule has 0 aliphatic heterocycles. The molecule has 0 saturated carbocycles. The number of nitrogens with zero attached hydrogens (tertiary/aromatic N) is 3. The second-order valence-electron chi connectivity index (χ2n) is 3.86. The lowest BCUT2D eigenvalue weighted by atomic mass is 10.2. The van der Waals surface area contributed by atoms with Crippen LogP contribution in [0, 0.1) is 10.1 Å². The number of halogens is 2. The molecule has 0 aliphatic rings. The molecule has 0 radical (unpaired) electrons. The number of hydrogen-bond acceptors (Lipinski definition) is 3. The van der Waals surface area contributed by atoms with Crippen molar-refractivity contribution in [2.75, 3.05) is 0 Å². The Bertz CT molecular complexity index is 625. The fourth-order valence-electron chi connectivity index (χ4n) is 1.85. The number of aryl methyl sites for hydroxylation is 1. The molecule has 0 aliphatic carbocycles. The third kappa shape index (κ3) is 2.43. The number of para-hydroxylation sites is 2. The second-order valence-corrected chi connectivity index (χ2v) is 4.49. The van der Waals surface area contributed by atoms with Crippen molar-refractivity contribution in [3.8, 4) is 5.69 Å². The summed E-state index contributed by atoms with van der Waals surface area (Å²) in [5, 5.41) is 15.7. The van der Waals surface area contributed by atoms with Crippen LogP contribution in [0.25, 0.3) is 5.69 Å². The summed E-state index contributed by atoms with van der Waals surface area (Å²) in [5.41, 5.74) is 1.75. The zero-order valence-electron chi connectivity index (χ0n) is 10.1. The lowest BCUT2D eigenvalue weighted by molar-refractivity contribution is -0.384. The summed E-state index contributed by atoms with van der Waals surface area (Å²) in [6.45, 7) is 1.93. The average Bonchev–Trinajstić information content (AvgIpc) is 2.74. The second kappa shape index (κ2) is 5.59. The van der Waals surface area contributed by atoms with Gasteiger partial charge in [0.2, 0.25) is 0 Å². The average molecular weight is 300 g/mol. The van der Waals surface area contributed by atoms with Crippen molar-refractivity contribution in [1.82, 2.24) is 9.78 Å². The van der Waals surface area contributed by atoms with Crippen LogP contribution in [0.1, 0.15) is 18.2 Å². The van der Waals surface area contributed by atoms with Crippen LogP contribution >= 0.6 is 23.2 Å². The highest BCUT2D eigenvalue weighted by molar-refractivity contribution is 6.31. The third-order valence-electron chi connectivity index (χ3n) is 2.78. The van der Waals surface area contributed by atoms with E-state index in [1.165, 1.54) is 10.7 Å². The number of hydrogen-bond donors (Lipinski definition) is 0. The van der Waals surface area contributed by atoms with Gasteiger partial charge in [0.15, 0.2) is 0 Å². The number of rotatable bonds is 4. The van der Waals surface area contributed by atoms with Gasteiger partial charge in [0, 0.05) is 11.6 Å². The van der Waals surface area contributed by atoms with Gasteiger partial charge in [-0.05, 0) is 12.5 Å². The number of nitro benzene ring substituents is 1. The van der Waals surface area contributed by atoms with Gasteiger partial charge in [-0.1, -0.05) is 30.7 Å². The summed E-state index contributed by atoms with van der Waals surface area (Å²) >= 11 is 12.1. The van der Waals surface area contributed by atoms with Crippen molar-refractivity contribution in [3.63, 3.8) is 0 Å². The normalized spacial score (nSPS) is 10.7. The zero-order valence-corrected chi connectivity index (χ0v) is 11.6. The van der Waals surface area contributed by atoms with Crippen LogP contribution in [-0.2, 0) is 12.3 Å². The van der Waals surface area contributed by atoms with Crippen molar-refractivity contribution in [3.05, 3.63) is 50.8 Å². The van der Waals surface area contributed by atoms with Gasteiger partial charge in [-0.25, -0.2) is 4.68 Å². The van der Waals surface area contributed by atoms with E-state index in [-0.39, 0.29) is 11.6 Å². The summed E-state index contributed by atoms with van der Waals surface area (Å²) < 4.78 is 1.37. The Morgan fingerprint density at radius 2 is 2.11 bits per heavy atom. The largest absolute Gasteiger partial charge is 0.294 e. The van der Waals surface area contributed by atoms with Crippen molar-refractivity contribution >= 4 is 28.9 Å². The summed E-state index contributed by atoms with van der Waals surface area (Å²) in [6, 6.07) is 6.32. The Labute approximate surface area is 119 Å². The van der Waals surface area contributed by atoms with Crippen LogP contribution in [0.2, 0.25) is 5.15 Å². The number of benzene rings is 1. The Morgan fingerprint density at radius 1 is 1.42 bits per heavy atom. The lowest BCUT2D eigenvalue weighted by Gasteiger charge is -2.04. The summed E-state index contributed by atoms with van der Waals surface area (Å²) in [4.78, 5) is 10.6. The first-order chi connectivity index (χ1) is 9.10. The highest BCUT2D eigenvalue weighted by atomic mass is 35.5. The van der Waals surface area contributed by atoms with Crippen LogP contribution in [0.3, 0.4) is 0 Å². The van der Waals surface area contributed by atoms with E-state index in [2.05, 4.69) is 5.10 Å². The fraction of sp³-hybridized carbons (Fsp3) is 0.250. The topological polar surface area (TPSA) is 61.0 Å². The fourth-order valence-corrected chi connectivity index (χ4v) is 2.50. The van der Waals surface area contributed by atoms with Gasteiger partial charge in [0.25, 0.3) is 5.69 Å². The maximum atomic E-state index is 11.0. The van der Waals surface area contributed by atoms with Gasteiger partial charge in [-0.2, -0.15) is 5.10 Å². The van der Waals surface area contributed by atoms with Crippen LogP contribution in [0.4, 0.5) is 5.69 Å². The highest BCUT2D eigenvalue weighted by Crippen LogP contribution is 2.29. The molecule has 0 N–H and O–H groups in total. The molecule has 0 saturated heterocycles. The molecular formula is C12H11Cl2N3O2. The molecule has 2 rings (SSSR count). The summed E-state index contributed by atoms with van der Waals surface area (Å²) in [6.07, 6.45) is 0.662. The Morgan fingerprint density at radius 3 is 2.63 bits per heavy atom. The van der Waals surface area contributed by atoms with E-state index in [9.17, 15) is 10.1 Å².